The predicted molar refractivity (Wildman–Crippen MR) is 66.5 cm³/mol. The topological polar surface area (TPSA) is 29.9 Å². The third kappa shape index (κ3) is 1.49. The van der Waals surface area contributed by atoms with E-state index < -0.39 is 0 Å². The molecule has 1 N–H and O–H groups in total. The maximum Gasteiger partial charge on any atom is 0.114 e. The second-order valence-corrected chi connectivity index (χ2v) is 4.82. The summed E-state index contributed by atoms with van der Waals surface area (Å²) in [6.45, 7) is 3.87. The molecule has 0 spiro atoms. The Bertz CT molecular complexity index is 545. The largest absolute Gasteiger partial charge is 0.307 e. The van der Waals surface area contributed by atoms with Crippen LogP contribution < -0.4 is 5.32 Å². The Balaban J connectivity index is 2.14. The van der Waals surface area contributed by atoms with Crippen LogP contribution in [0.4, 0.5) is 0 Å². The first-order chi connectivity index (χ1) is 7.75. The molecule has 0 atom stereocenters. The molecule has 0 unspecified atom stereocenters. The molecule has 2 heterocycles. The smallest absolute Gasteiger partial charge is 0.114 e. The number of hydrogen-bond donors (Lipinski definition) is 1. The Kier molecular flexibility index (Phi) is 2.33. The van der Waals surface area contributed by atoms with Crippen LogP contribution in [0.2, 0.25) is 0 Å². The highest BCUT2D eigenvalue weighted by atomic mass is 79.9. The number of aromatic nitrogens is 2. The average molecular weight is 278 g/mol. The standard InChI is InChI=1S/C12H12BrN3/c1-8-3-2-4-9(5-8)16-12(13)10-6-14-7-11(10)15-16/h2-5,14H,6-7H2,1H3. The molecule has 0 saturated carbocycles. The third-order valence-electron chi connectivity index (χ3n) is 2.84. The van der Waals surface area contributed by atoms with Gasteiger partial charge in [0.2, 0.25) is 0 Å². The van der Waals surface area contributed by atoms with Gasteiger partial charge in [-0.15, -0.1) is 0 Å². The first-order valence-corrected chi connectivity index (χ1v) is 6.09. The summed E-state index contributed by atoms with van der Waals surface area (Å²) in [6.07, 6.45) is 0. The van der Waals surface area contributed by atoms with Crippen LogP contribution in [0, 0.1) is 6.92 Å². The van der Waals surface area contributed by atoms with Crippen LogP contribution in [-0.4, -0.2) is 9.78 Å². The molecule has 4 heteroatoms. The molecule has 82 valence electrons. The summed E-state index contributed by atoms with van der Waals surface area (Å²) in [5, 5.41) is 7.90. The lowest BCUT2D eigenvalue weighted by Crippen LogP contribution is -2.06. The zero-order chi connectivity index (χ0) is 11.1. The lowest BCUT2D eigenvalue weighted by molar-refractivity contribution is 0.714. The van der Waals surface area contributed by atoms with E-state index in [1.807, 2.05) is 4.68 Å². The second-order valence-electron chi connectivity index (χ2n) is 4.07. The molecule has 0 bridgehead atoms. The van der Waals surface area contributed by atoms with Crippen molar-refractivity contribution in [2.75, 3.05) is 0 Å². The number of nitrogens with one attached hydrogen (secondary N) is 1. The van der Waals surface area contributed by atoms with E-state index >= 15 is 0 Å². The second kappa shape index (κ2) is 3.71. The normalized spacial score (nSPS) is 14.1. The molecule has 0 amide bonds. The third-order valence-corrected chi connectivity index (χ3v) is 3.66. The monoisotopic (exact) mass is 277 g/mol. The van der Waals surface area contributed by atoms with Gasteiger partial charge in [0.25, 0.3) is 0 Å². The zero-order valence-corrected chi connectivity index (χ0v) is 10.6. The van der Waals surface area contributed by atoms with Crippen molar-refractivity contribution >= 4 is 15.9 Å². The van der Waals surface area contributed by atoms with E-state index in [4.69, 9.17) is 0 Å². The van der Waals surface area contributed by atoms with E-state index in [1.165, 1.54) is 11.1 Å². The van der Waals surface area contributed by atoms with Crippen molar-refractivity contribution in [3.05, 3.63) is 45.7 Å². The van der Waals surface area contributed by atoms with Gasteiger partial charge in [-0.3, -0.25) is 0 Å². The van der Waals surface area contributed by atoms with E-state index in [0.29, 0.717) is 0 Å². The fraction of sp³-hybridized carbons (Fsp3) is 0.250. The Morgan fingerprint density at radius 2 is 2.25 bits per heavy atom. The van der Waals surface area contributed by atoms with Crippen molar-refractivity contribution < 1.29 is 0 Å². The van der Waals surface area contributed by atoms with Gasteiger partial charge < -0.3 is 5.32 Å². The summed E-state index contributed by atoms with van der Waals surface area (Å²) in [4.78, 5) is 0. The zero-order valence-electron chi connectivity index (χ0n) is 9.00. The lowest BCUT2D eigenvalue weighted by atomic mass is 10.2. The van der Waals surface area contributed by atoms with E-state index in [9.17, 15) is 0 Å². The van der Waals surface area contributed by atoms with Crippen molar-refractivity contribution in [2.24, 2.45) is 0 Å². The highest BCUT2D eigenvalue weighted by Gasteiger charge is 2.20. The molecule has 1 aliphatic heterocycles. The molecule has 3 nitrogen and oxygen atoms in total. The Morgan fingerprint density at radius 1 is 1.38 bits per heavy atom. The minimum Gasteiger partial charge on any atom is -0.307 e. The highest BCUT2D eigenvalue weighted by Crippen LogP contribution is 2.27. The van der Waals surface area contributed by atoms with Gasteiger partial charge in [-0.1, -0.05) is 12.1 Å². The Hall–Kier alpha value is -1.13. The fourth-order valence-electron chi connectivity index (χ4n) is 2.03. The minimum absolute atomic E-state index is 0.868. The van der Waals surface area contributed by atoms with E-state index in [1.54, 1.807) is 0 Å². The molecular weight excluding hydrogens is 266 g/mol. The van der Waals surface area contributed by atoms with Crippen LogP contribution >= 0.6 is 15.9 Å². The number of hydrogen-bond acceptors (Lipinski definition) is 2. The van der Waals surface area contributed by atoms with Crippen LogP contribution in [0.1, 0.15) is 16.8 Å². The molecular formula is C12H12BrN3. The first-order valence-electron chi connectivity index (χ1n) is 5.30. The van der Waals surface area contributed by atoms with Crippen molar-refractivity contribution in [3.63, 3.8) is 0 Å². The summed E-state index contributed by atoms with van der Waals surface area (Å²) in [5.74, 6) is 0. The molecule has 3 rings (SSSR count). The average Bonchev–Trinajstić information content (AvgIpc) is 2.82. The van der Waals surface area contributed by atoms with Crippen molar-refractivity contribution in [1.29, 1.82) is 0 Å². The van der Waals surface area contributed by atoms with Gasteiger partial charge in [-0.25, -0.2) is 4.68 Å². The van der Waals surface area contributed by atoms with E-state index in [2.05, 4.69) is 57.5 Å². The molecule has 0 radical (unpaired) electrons. The van der Waals surface area contributed by atoms with Gasteiger partial charge in [-0.2, -0.15) is 5.10 Å². The molecule has 16 heavy (non-hydrogen) atoms. The number of benzene rings is 1. The Labute approximate surface area is 103 Å². The summed E-state index contributed by atoms with van der Waals surface area (Å²) < 4.78 is 3.04. The predicted octanol–water partition coefficient (Wildman–Crippen LogP) is 2.55. The number of rotatable bonds is 1. The van der Waals surface area contributed by atoms with Crippen LogP contribution in [-0.2, 0) is 13.1 Å². The van der Waals surface area contributed by atoms with Crippen LogP contribution in [0.3, 0.4) is 0 Å². The molecule has 1 aromatic carbocycles. The number of aryl methyl sites for hydroxylation is 1. The van der Waals surface area contributed by atoms with Gasteiger partial charge >= 0.3 is 0 Å². The van der Waals surface area contributed by atoms with Crippen LogP contribution in [0.15, 0.2) is 28.9 Å². The van der Waals surface area contributed by atoms with Gasteiger partial charge in [0.05, 0.1) is 11.4 Å². The molecule has 0 aliphatic carbocycles. The maximum atomic E-state index is 4.61. The Morgan fingerprint density at radius 3 is 3.00 bits per heavy atom. The molecule has 0 fully saturated rings. The van der Waals surface area contributed by atoms with Gasteiger partial charge in [0.1, 0.15) is 4.60 Å². The van der Waals surface area contributed by atoms with Gasteiger partial charge in [0, 0.05) is 18.7 Å². The van der Waals surface area contributed by atoms with Gasteiger partial charge in [-0.05, 0) is 40.5 Å². The lowest BCUT2D eigenvalue weighted by Gasteiger charge is -2.05. The SMILES string of the molecule is Cc1cccc(-n2nc3c(c2Br)CNC3)c1. The van der Waals surface area contributed by atoms with Crippen molar-refractivity contribution in [1.82, 2.24) is 15.1 Å². The quantitative estimate of drug-likeness (QED) is 0.868. The minimum atomic E-state index is 0.868. The van der Waals surface area contributed by atoms with Crippen LogP contribution in [0.5, 0.6) is 0 Å². The number of halogens is 1. The molecule has 0 saturated heterocycles. The van der Waals surface area contributed by atoms with Crippen molar-refractivity contribution in [2.45, 2.75) is 20.0 Å². The first kappa shape index (κ1) is 10.1. The van der Waals surface area contributed by atoms with E-state index in [0.717, 1.165) is 29.1 Å². The number of fused-ring (bicyclic) bond motifs is 1. The summed E-state index contributed by atoms with van der Waals surface area (Å²) in [7, 11) is 0. The van der Waals surface area contributed by atoms with Crippen LogP contribution in [0.25, 0.3) is 5.69 Å². The maximum absolute atomic E-state index is 4.61. The number of nitrogens with zero attached hydrogens (tertiary/aromatic N) is 2. The molecule has 2 aromatic rings. The highest BCUT2D eigenvalue weighted by molar-refractivity contribution is 9.10. The summed E-state index contributed by atoms with van der Waals surface area (Å²) >= 11 is 3.62. The summed E-state index contributed by atoms with van der Waals surface area (Å²) in [5.41, 5.74) is 4.79. The van der Waals surface area contributed by atoms with Gasteiger partial charge in [0.15, 0.2) is 0 Å². The van der Waals surface area contributed by atoms with Crippen molar-refractivity contribution in [3.8, 4) is 5.69 Å². The molecule has 1 aromatic heterocycles. The summed E-state index contributed by atoms with van der Waals surface area (Å²) in [6, 6.07) is 8.37. The van der Waals surface area contributed by atoms with E-state index in [-0.39, 0.29) is 0 Å². The molecule has 1 aliphatic rings. The fourth-order valence-corrected chi connectivity index (χ4v) is 2.68.